The van der Waals surface area contributed by atoms with Crippen molar-refractivity contribution in [2.24, 2.45) is 0 Å². The fraction of sp³-hybridized carbons (Fsp3) is 0.185. The smallest absolute Gasteiger partial charge is 0.374 e. The van der Waals surface area contributed by atoms with Gasteiger partial charge in [-0.3, -0.25) is 0 Å². The molecule has 3 aromatic carbocycles. The third-order valence-electron chi connectivity index (χ3n) is 5.58. The molecule has 0 spiro atoms. The Morgan fingerprint density at radius 2 is 1.88 bits per heavy atom. The van der Waals surface area contributed by atoms with Gasteiger partial charge in [-0.15, -0.1) is 0 Å². The Labute approximate surface area is 189 Å². The molecule has 0 saturated carbocycles. The molecule has 0 aromatic heterocycles. The third-order valence-corrected chi connectivity index (χ3v) is 5.58. The van der Waals surface area contributed by atoms with Crippen LogP contribution in [0.15, 0.2) is 66.7 Å². The van der Waals surface area contributed by atoms with Crippen LogP contribution >= 0.6 is 0 Å². The Morgan fingerprint density at radius 3 is 2.69 bits per heavy atom. The predicted octanol–water partition coefficient (Wildman–Crippen LogP) is 5.85. The van der Waals surface area contributed by atoms with Crippen LogP contribution in [0.1, 0.15) is 36.1 Å². The summed E-state index contributed by atoms with van der Waals surface area (Å²) in [5.41, 5.74) is 4.70. The Hall–Kier alpha value is -3.60. The molecule has 0 bridgehead atoms. The number of hydrogen-bond donors (Lipinski definition) is 0. The Balaban J connectivity index is 1.48. The van der Waals surface area contributed by atoms with E-state index in [0.717, 1.165) is 39.3 Å². The molecule has 0 saturated heterocycles. The van der Waals surface area contributed by atoms with E-state index in [1.165, 1.54) is 0 Å². The van der Waals surface area contributed by atoms with Crippen LogP contribution in [0, 0.1) is 0 Å². The third kappa shape index (κ3) is 3.98. The molecule has 0 fully saturated rings. The average molecular weight is 422 g/mol. The van der Waals surface area contributed by atoms with Crippen molar-refractivity contribution in [1.82, 2.24) is 0 Å². The lowest BCUT2D eigenvalue weighted by molar-refractivity contribution is 0.158. The van der Waals surface area contributed by atoms with Crippen molar-refractivity contribution in [2.45, 2.75) is 26.1 Å². The molecule has 32 heavy (non-hydrogen) atoms. The quantitative estimate of drug-likeness (QED) is 0.484. The highest BCUT2D eigenvalue weighted by Crippen LogP contribution is 2.43. The molecule has 4 nitrogen and oxygen atoms in total. The minimum Gasteiger partial charge on any atom is -0.568 e. The van der Waals surface area contributed by atoms with E-state index in [-0.39, 0.29) is 5.60 Å². The number of rotatable bonds is 5. The second-order valence-electron chi connectivity index (χ2n) is 8.44. The Bertz CT molecular complexity index is 1210. The normalized spacial score (nSPS) is 15.5. The SMILES string of the molecule is [B]Oc1ccc(C2=Cc3ccc4c(c3OC2)C=CC(C)(C)O4)c(OCc2ccccc2)c1. The molecule has 2 heterocycles. The second kappa shape index (κ2) is 8.15. The van der Waals surface area contributed by atoms with Crippen LogP contribution in [0.2, 0.25) is 0 Å². The van der Waals surface area contributed by atoms with Crippen molar-refractivity contribution in [3.8, 4) is 23.0 Å². The fourth-order valence-electron chi connectivity index (χ4n) is 3.95. The lowest BCUT2D eigenvalue weighted by atomic mass is 9.95. The summed E-state index contributed by atoms with van der Waals surface area (Å²) < 4.78 is 23.4. The van der Waals surface area contributed by atoms with Crippen LogP contribution in [0.25, 0.3) is 17.7 Å². The minimum absolute atomic E-state index is 0.325. The first-order valence-electron chi connectivity index (χ1n) is 10.6. The van der Waals surface area contributed by atoms with Crippen molar-refractivity contribution >= 4 is 25.8 Å². The average Bonchev–Trinajstić information content (AvgIpc) is 2.82. The van der Waals surface area contributed by atoms with Gasteiger partial charge in [0.2, 0.25) is 0 Å². The van der Waals surface area contributed by atoms with E-state index in [2.05, 4.69) is 18.2 Å². The highest BCUT2D eigenvalue weighted by Gasteiger charge is 2.27. The maximum absolute atomic E-state index is 6.22. The Kier molecular flexibility index (Phi) is 5.18. The van der Waals surface area contributed by atoms with Crippen molar-refractivity contribution in [1.29, 1.82) is 0 Å². The number of fused-ring (bicyclic) bond motifs is 3. The topological polar surface area (TPSA) is 36.9 Å². The van der Waals surface area contributed by atoms with Gasteiger partial charge in [0, 0.05) is 22.8 Å². The molecule has 3 aromatic rings. The summed E-state index contributed by atoms with van der Waals surface area (Å²) in [6, 6.07) is 19.6. The highest BCUT2D eigenvalue weighted by atomic mass is 16.5. The molecule has 0 amide bonds. The minimum atomic E-state index is -0.325. The van der Waals surface area contributed by atoms with Gasteiger partial charge in [0.25, 0.3) is 0 Å². The largest absolute Gasteiger partial charge is 0.568 e. The monoisotopic (exact) mass is 422 g/mol. The van der Waals surface area contributed by atoms with Crippen molar-refractivity contribution in [2.75, 3.05) is 6.61 Å². The van der Waals surface area contributed by atoms with E-state index in [1.54, 1.807) is 6.07 Å². The molecular weight excluding hydrogens is 399 g/mol. The van der Waals surface area contributed by atoms with E-state index >= 15 is 0 Å². The molecule has 2 aliphatic rings. The summed E-state index contributed by atoms with van der Waals surface area (Å²) in [6.45, 7) is 4.94. The summed E-state index contributed by atoms with van der Waals surface area (Å²) in [5, 5.41) is 0. The van der Waals surface area contributed by atoms with Crippen LogP contribution in [0.4, 0.5) is 0 Å². The number of hydrogen-bond acceptors (Lipinski definition) is 4. The van der Waals surface area contributed by atoms with Gasteiger partial charge in [-0.25, -0.2) is 0 Å². The maximum Gasteiger partial charge on any atom is 0.374 e. The zero-order valence-electron chi connectivity index (χ0n) is 18.1. The molecule has 0 aliphatic carbocycles. The highest BCUT2D eigenvalue weighted by molar-refractivity contribution is 6.00. The molecule has 0 atom stereocenters. The van der Waals surface area contributed by atoms with Gasteiger partial charge in [-0.05, 0) is 61.9 Å². The summed E-state index contributed by atoms with van der Waals surface area (Å²) >= 11 is 0. The van der Waals surface area contributed by atoms with E-state index in [0.29, 0.717) is 24.7 Å². The first kappa shape index (κ1) is 20.3. The first-order chi connectivity index (χ1) is 15.5. The van der Waals surface area contributed by atoms with E-state index < -0.39 is 0 Å². The first-order valence-corrected chi connectivity index (χ1v) is 10.6. The molecule has 2 radical (unpaired) electrons. The molecule has 0 unspecified atom stereocenters. The zero-order chi connectivity index (χ0) is 22.1. The van der Waals surface area contributed by atoms with Crippen LogP contribution in [-0.4, -0.2) is 20.3 Å². The van der Waals surface area contributed by atoms with Gasteiger partial charge in [0.1, 0.15) is 41.8 Å². The van der Waals surface area contributed by atoms with Crippen LogP contribution in [0.3, 0.4) is 0 Å². The molecule has 0 N–H and O–H groups in total. The van der Waals surface area contributed by atoms with Gasteiger partial charge in [0.15, 0.2) is 0 Å². The molecular formula is C27H23BO4. The van der Waals surface area contributed by atoms with Gasteiger partial charge in [0.05, 0.1) is 5.56 Å². The lowest BCUT2D eigenvalue weighted by Gasteiger charge is -2.30. The van der Waals surface area contributed by atoms with Crippen LogP contribution in [-0.2, 0) is 6.61 Å². The second-order valence-corrected chi connectivity index (χ2v) is 8.44. The molecule has 5 heteroatoms. The van der Waals surface area contributed by atoms with Crippen LogP contribution < -0.4 is 18.9 Å². The number of ether oxygens (including phenoxy) is 3. The zero-order valence-corrected chi connectivity index (χ0v) is 18.1. The van der Waals surface area contributed by atoms with Gasteiger partial charge in [-0.2, -0.15) is 0 Å². The molecule has 2 aliphatic heterocycles. The summed E-state index contributed by atoms with van der Waals surface area (Å²) in [5.74, 6) is 2.91. The van der Waals surface area contributed by atoms with E-state index in [9.17, 15) is 0 Å². The van der Waals surface area contributed by atoms with Gasteiger partial charge in [-0.1, -0.05) is 30.3 Å². The van der Waals surface area contributed by atoms with E-state index in [1.807, 2.05) is 68.4 Å². The summed E-state index contributed by atoms with van der Waals surface area (Å²) in [7, 11) is 5.39. The molecule has 158 valence electrons. The van der Waals surface area contributed by atoms with E-state index in [4.69, 9.17) is 26.9 Å². The number of benzene rings is 3. The standard InChI is InChI=1S/C27H23BO4/c1-27(2)13-12-23-24(31-27)11-8-19-14-20(17-30-26(19)23)22-10-9-21(32-28)15-25(22)29-16-18-6-4-3-5-7-18/h3-15H,16-17H2,1-2H3. The van der Waals surface area contributed by atoms with Crippen LogP contribution in [0.5, 0.6) is 23.0 Å². The summed E-state index contributed by atoms with van der Waals surface area (Å²) in [4.78, 5) is 0. The van der Waals surface area contributed by atoms with Crippen molar-refractivity contribution in [3.63, 3.8) is 0 Å². The van der Waals surface area contributed by atoms with Gasteiger partial charge >= 0.3 is 8.05 Å². The van der Waals surface area contributed by atoms with Crippen molar-refractivity contribution in [3.05, 3.63) is 89.0 Å². The fourth-order valence-corrected chi connectivity index (χ4v) is 3.95. The van der Waals surface area contributed by atoms with Crippen molar-refractivity contribution < 1.29 is 18.9 Å². The lowest BCUT2D eigenvalue weighted by Crippen LogP contribution is -2.27. The predicted molar refractivity (Wildman–Crippen MR) is 127 cm³/mol. The summed E-state index contributed by atoms with van der Waals surface area (Å²) in [6.07, 6.45) is 6.28. The Morgan fingerprint density at radius 1 is 1.03 bits per heavy atom. The molecule has 5 rings (SSSR count). The van der Waals surface area contributed by atoms with Gasteiger partial charge < -0.3 is 18.9 Å². The maximum atomic E-state index is 6.22.